The summed E-state index contributed by atoms with van der Waals surface area (Å²) in [5, 5.41) is 0. The Kier molecular flexibility index (Phi) is 5.57. The predicted molar refractivity (Wildman–Crippen MR) is 79.7 cm³/mol. The van der Waals surface area contributed by atoms with Crippen molar-refractivity contribution in [3.05, 3.63) is 57.0 Å². The van der Waals surface area contributed by atoms with Crippen LogP contribution in [0.3, 0.4) is 0 Å². The number of allylic oxidation sites excluding steroid dienone is 4. The van der Waals surface area contributed by atoms with Crippen molar-refractivity contribution in [1.82, 2.24) is 0 Å². The number of hydrogen-bond acceptors (Lipinski definition) is 1. The molecule has 1 heterocycles. The van der Waals surface area contributed by atoms with Gasteiger partial charge in [-0.1, -0.05) is 35.8 Å². The van der Waals surface area contributed by atoms with Crippen LogP contribution in [-0.2, 0) is 6.42 Å². The van der Waals surface area contributed by atoms with Crippen LogP contribution in [0.1, 0.15) is 15.3 Å². The second-order valence-corrected chi connectivity index (χ2v) is 5.37. The first-order valence-corrected chi connectivity index (χ1v) is 6.51. The Morgan fingerprint density at radius 1 is 1.47 bits per heavy atom. The van der Waals surface area contributed by atoms with Gasteiger partial charge >= 0.3 is 0 Å². The Balaban J connectivity index is 3.05. The van der Waals surface area contributed by atoms with Gasteiger partial charge < -0.3 is 0 Å². The SMILES string of the molecule is [B]c1c(C)sc(C)c1C/C(C=C=C)=C/C=C/Cl. The summed E-state index contributed by atoms with van der Waals surface area (Å²) in [5.74, 6) is 0. The average molecular weight is 261 g/mol. The minimum atomic E-state index is 0.783. The number of rotatable bonds is 4. The number of hydrogen-bond donors (Lipinski definition) is 0. The van der Waals surface area contributed by atoms with Gasteiger partial charge in [0.15, 0.2) is 0 Å². The van der Waals surface area contributed by atoms with Crippen molar-refractivity contribution in [1.29, 1.82) is 0 Å². The van der Waals surface area contributed by atoms with Crippen molar-refractivity contribution in [2.75, 3.05) is 0 Å². The summed E-state index contributed by atoms with van der Waals surface area (Å²) in [7, 11) is 6.07. The zero-order valence-corrected chi connectivity index (χ0v) is 11.7. The first-order valence-electron chi connectivity index (χ1n) is 5.26. The van der Waals surface area contributed by atoms with E-state index < -0.39 is 0 Å². The van der Waals surface area contributed by atoms with E-state index in [2.05, 4.69) is 19.2 Å². The van der Waals surface area contributed by atoms with Gasteiger partial charge in [-0.3, -0.25) is 0 Å². The number of halogens is 1. The van der Waals surface area contributed by atoms with Crippen LogP contribution in [-0.4, -0.2) is 7.85 Å². The first-order chi connectivity index (χ1) is 8.10. The molecule has 86 valence electrons. The van der Waals surface area contributed by atoms with Crippen LogP contribution in [0.2, 0.25) is 0 Å². The first kappa shape index (κ1) is 14.1. The molecule has 0 nitrogen and oxygen atoms in total. The van der Waals surface area contributed by atoms with Crippen molar-refractivity contribution < 1.29 is 0 Å². The van der Waals surface area contributed by atoms with Crippen molar-refractivity contribution in [2.45, 2.75) is 20.3 Å². The fourth-order valence-corrected chi connectivity index (χ4v) is 2.69. The van der Waals surface area contributed by atoms with Gasteiger partial charge in [0.1, 0.15) is 7.85 Å². The number of thiophene rings is 1. The lowest BCUT2D eigenvalue weighted by Crippen LogP contribution is -2.10. The molecule has 0 aliphatic heterocycles. The van der Waals surface area contributed by atoms with Gasteiger partial charge in [-0.15, -0.1) is 17.1 Å². The fraction of sp³-hybridized carbons (Fsp3) is 0.214. The van der Waals surface area contributed by atoms with E-state index in [1.165, 1.54) is 20.9 Å². The van der Waals surface area contributed by atoms with Gasteiger partial charge in [0, 0.05) is 10.4 Å². The molecule has 0 saturated heterocycles. The van der Waals surface area contributed by atoms with Crippen LogP contribution in [0.15, 0.2) is 41.6 Å². The zero-order chi connectivity index (χ0) is 12.8. The van der Waals surface area contributed by atoms with Gasteiger partial charge in [0.2, 0.25) is 0 Å². The highest BCUT2D eigenvalue weighted by Gasteiger charge is 2.09. The summed E-state index contributed by atoms with van der Waals surface area (Å²) in [6.07, 6.45) is 6.36. The lowest BCUT2D eigenvalue weighted by atomic mass is 9.88. The molecule has 0 spiro atoms. The van der Waals surface area contributed by atoms with E-state index in [1.54, 1.807) is 17.4 Å². The van der Waals surface area contributed by atoms with Crippen LogP contribution >= 0.6 is 22.9 Å². The summed E-state index contributed by atoms with van der Waals surface area (Å²) in [6.45, 7) is 7.73. The fourth-order valence-electron chi connectivity index (χ4n) is 1.62. The highest BCUT2D eigenvalue weighted by atomic mass is 35.5. The highest BCUT2D eigenvalue weighted by molar-refractivity contribution is 7.13. The maximum atomic E-state index is 6.07. The Morgan fingerprint density at radius 2 is 2.18 bits per heavy atom. The standard InChI is InChI=1S/C14H14BClS/c1-4-6-12(7-5-8-16)9-13-10(2)17-11(3)14(13)15/h5-8H,1,9H2,2-3H3/b8-5+,12-7+. The second kappa shape index (κ2) is 6.71. The molecule has 0 amide bonds. The molecule has 1 rings (SSSR count). The van der Waals surface area contributed by atoms with Crippen LogP contribution in [0.25, 0.3) is 0 Å². The summed E-state index contributed by atoms with van der Waals surface area (Å²) >= 11 is 7.25. The molecule has 0 bridgehead atoms. The molecule has 0 N–H and O–H groups in total. The molecule has 0 atom stereocenters. The largest absolute Gasteiger partial charge is 0.146 e. The Morgan fingerprint density at radius 3 is 2.65 bits per heavy atom. The topological polar surface area (TPSA) is 0 Å². The van der Waals surface area contributed by atoms with Crippen molar-refractivity contribution >= 4 is 36.2 Å². The molecule has 0 unspecified atom stereocenters. The van der Waals surface area contributed by atoms with Crippen LogP contribution < -0.4 is 5.46 Å². The molecule has 0 aromatic carbocycles. The van der Waals surface area contributed by atoms with Crippen molar-refractivity contribution in [3.63, 3.8) is 0 Å². The molecular formula is C14H14BClS. The van der Waals surface area contributed by atoms with Gasteiger partial charge in [-0.25, -0.2) is 0 Å². The Hall–Kier alpha value is -0.945. The summed E-state index contributed by atoms with van der Waals surface area (Å²) in [5.41, 5.74) is 7.43. The lowest BCUT2D eigenvalue weighted by molar-refractivity contribution is 1.20. The summed E-state index contributed by atoms with van der Waals surface area (Å²) < 4.78 is 0. The maximum Gasteiger partial charge on any atom is 0.115 e. The molecule has 0 fully saturated rings. The smallest absolute Gasteiger partial charge is 0.115 e. The van der Waals surface area contributed by atoms with E-state index in [4.69, 9.17) is 19.4 Å². The molecule has 0 aliphatic carbocycles. The predicted octanol–water partition coefficient (Wildman–Crippen LogP) is 3.72. The molecular weight excluding hydrogens is 246 g/mol. The van der Waals surface area contributed by atoms with Crippen molar-refractivity contribution in [2.24, 2.45) is 0 Å². The Bertz CT molecular complexity index is 503. The molecule has 1 aromatic heterocycles. The third kappa shape index (κ3) is 3.78. The molecule has 1 aromatic rings. The molecule has 0 saturated carbocycles. The van der Waals surface area contributed by atoms with E-state index in [1.807, 2.05) is 19.1 Å². The molecule has 0 aliphatic rings. The maximum absolute atomic E-state index is 6.07. The van der Waals surface area contributed by atoms with Gasteiger partial charge in [0.25, 0.3) is 0 Å². The minimum absolute atomic E-state index is 0.783. The van der Waals surface area contributed by atoms with Gasteiger partial charge in [0.05, 0.1) is 0 Å². The second-order valence-electron chi connectivity index (χ2n) is 3.69. The molecule has 2 radical (unpaired) electrons. The summed E-state index contributed by atoms with van der Waals surface area (Å²) in [6, 6.07) is 0. The van der Waals surface area contributed by atoms with Crippen LogP contribution in [0.5, 0.6) is 0 Å². The molecule has 3 heteroatoms. The monoisotopic (exact) mass is 260 g/mol. The van der Waals surface area contributed by atoms with Crippen LogP contribution in [0.4, 0.5) is 0 Å². The zero-order valence-electron chi connectivity index (χ0n) is 10.1. The van der Waals surface area contributed by atoms with E-state index in [0.29, 0.717) is 0 Å². The summed E-state index contributed by atoms with van der Waals surface area (Å²) in [4.78, 5) is 2.44. The van der Waals surface area contributed by atoms with E-state index in [-0.39, 0.29) is 0 Å². The number of aryl methyl sites for hydroxylation is 2. The van der Waals surface area contributed by atoms with E-state index >= 15 is 0 Å². The van der Waals surface area contributed by atoms with E-state index in [0.717, 1.165) is 17.5 Å². The third-order valence-electron chi connectivity index (χ3n) is 2.49. The quantitative estimate of drug-likeness (QED) is 0.440. The Labute approximate surface area is 113 Å². The van der Waals surface area contributed by atoms with Crippen LogP contribution in [0, 0.1) is 13.8 Å². The minimum Gasteiger partial charge on any atom is -0.146 e. The lowest BCUT2D eigenvalue weighted by Gasteiger charge is -2.03. The highest BCUT2D eigenvalue weighted by Crippen LogP contribution is 2.20. The average Bonchev–Trinajstić information content (AvgIpc) is 2.53. The van der Waals surface area contributed by atoms with Gasteiger partial charge in [-0.2, -0.15) is 0 Å². The van der Waals surface area contributed by atoms with E-state index in [9.17, 15) is 0 Å². The molecule has 17 heavy (non-hydrogen) atoms. The van der Waals surface area contributed by atoms with Gasteiger partial charge in [-0.05, 0) is 42.4 Å². The normalized spacial score (nSPS) is 11.8. The third-order valence-corrected chi connectivity index (χ3v) is 3.71. The van der Waals surface area contributed by atoms with Crippen molar-refractivity contribution in [3.8, 4) is 0 Å².